The van der Waals surface area contributed by atoms with Gasteiger partial charge in [0.05, 0.1) is 19.8 Å². The second-order valence-corrected chi connectivity index (χ2v) is 3.58. The maximum atomic E-state index is 6.09. The molecule has 74 valence electrons. The van der Waals surface area contributed by atoms with Crippen molar-refractivity contribution >= 4 is 17.3 Å². The molecule has 0 spiro atoms. The molecule has 0 atom stereocenters. The fourth-order valence-electron chi connectivity index (χ4n) is 1.51. The maximum Gasteiger partial charge on any atom is 0.0662 e. The second-order valence-electron chi connectivity index (χ2n) is 3.17. The van der Waals surface area contributed by atoms with Gasteiger partial charge in [0, 0.05) is 22.7 Å². The van der Waals surface area contributed by atoms with Crippen LogP contribution >= 0.6 is 11.6 Å². The normalized spacial score (nSPS) is 17.4. The molecule has 0 unspecified atom stereocenters. The smallest absolute Gasteiger partial charge is 0.0662 e. The fourth-order valence-corrected chi connectivity index (χ4v) is 1.76. The number of nitrogens with zero attached hydrogens (tertiary/aromatic N) is 1. The molecular weight excluding hydrogens is 198 g/mol. The molecule has 0 fully saturated rings. The van der Waals surface area contributed by atoms with Gasteiger partial charge in [-0.2, -0.15) is 0 Å². The number of hydrogen-bond acceptors (Lipinski definition) is 2. The fraction of sp³-hybridized carbons (Fsp3) is 0.364. The van der Waals surface area contributed by atoms with Gasteiger partial charge in [0.2, 0.25) is 0 Å². The van der Waals surface area contributed by atoms with E-state index in [0.717, 1.165) is 35.9 Å². The first kappa shape index (κ1) is 9.69. The Morgan fingerprint density at radius 3 is 2.93 bits per heavy atom. The van der Waals surface area contributed by atoms with Crippen LogP contribution in [0.5, 0.6) is 0 Å². The molecule has 14 heavy (non-hydrogen) atoms. The van der Waals surface area contributed by atoms with Gasteiger partial charge in [-0.15, -0.1) is 0 Å². The number of rotatable bonds is 1. The lowest BCUT2D eigenvalue weighted by atomic mass is 10.1. The van der Waals surface area contributed by atoms with E-state index in [-0.39, 0.29) is 0 Å². The van der Waals surface area contributed by atoms with E-state index >= 15 is 0 Å². The van der Waals surface area contributed by atoms with Crippen LogP contribution in [0.1, 0.15) is 12.0 Å². The third-order valence-corrected chi connectivity index (χ3v) is 2.54. The van der Waals surface area contributed by atoms with Crippen molar-refractivity contribution in [2.75, 3.05) is 19.8 Å². The number of benzene rings is 1. The Bertz CT molecular complexity index is 349. The third-order valence-electron chi connectivity index (χ3n) is 2.21. The Hall–Kier alpha value is -0.860. The number of halogens is 1. The van der Waals surface area contributed by atoms with Crippen molar-refractivity contribution in [1.29, 1.82) is 0 Å². The average molecular weight is 210 g/mol. The maximum absolute atomic E-state index is 6.09. The number of ether oxygens (including phenoxy) is 1. The quantitative estimate of drug-likeness (QED) is 0.697. The van der Waals surface area contributed by atoms with Crippen molar-refractivity contribution < 1.29 is 4.74 Å². The first-order valence-electron chi connectivity index (χ1n) is 4.74. The van der Waals surface area contributed by atoms with Crippen LogP contribution in [-0.4, -0.2) is 25.5 Å². The molecule has 0 saturated heterocycles. The van der Waals surface area contributed by atoms with Gasteiger partial charge in [0.1, 0.15) is 0 Å². The van der Waals surface area contributed by atoms with E-state index in [0.29, 0.717) is 6.61 Å². The van der Waals surface area contributed by atoms with Crippen LogP contribution in [0.3, 0.4) is 0 Å². The molecule has 0 radical (unpaired) electrons. The Balaban J connectivity index is 2.29. The third kappa shape index (κ3) is 2.14. The van der Waals surface area contributed by atoms with Gasteiger partial charge in [-0.1, -0.05) is 29.8 Å². The number of aliphatic imine (C=N–C) groups is 1. The molecule has 0 N–H and O–H groups in total. The average Bonchev–Trinajstić information content (AvgIpc) is 2.47. The zero-order valence-electron chi connectivity index (χ0n) is 7.87. The van der Waals surface area contributed by atoms with Crippen molar-refractivity contribution in [2.24, 2.45) is 4.99 Å². The van der Waals surface area contributed by atoms with E-state index in [1.165, 1.54) is 0 Å². The van der Waals surface area contributed by atoms with Crippen molar-refractivity contribution in [3.8, 4) is 0 Å². The Kier molecular flexibility index (Phi) is 3.17. The predicted molar refractivity (Wildman–Crippen MR) is 58.3 cm³/mol. The van der Waals surface area contributed by atoms with Crippen LogP contribution in [-0.2, 0) is 4.74 Å². The highest BCUT2D eigenvalue weighted by molar-refractivity contribution is 6.34. The van der Waals surface area contributed by atoms with Gasteiger partial charge in [0.25, 0.3) is 0 Å². The minimum atomic E-state index is 0.716. The molecular formula is C11H12ClNO. The van der Waals surface area contributed by atoms with Crippen LogP contribution in [0, 0.1) is 0 Å². The van der Waals surface area contributed by atoms with Crippen molar-refractivity contribution in [3.05, 3.63) is 34.9 Å². The zero-order valence-corrected chi connectivity index (χ0v) is 8.63. The first-order chi connectivity index (χ1) is 6.88. The molecule has 1 aliphatic heterocycles. The molecule has 1 aliphatic rings. The van der Waals surface area contributed by atoms with Gasteiger partial charge in [-0.3, -0.25) is 4.99 Å². The Labute approximate surface area is 88.6 Å². The molecule has 0 bridgehead atoms. The van der Waals surface area contributed by atoms with Gasteiger partial charge < -0.3 is 4.74 Å². The summed E-state index contributed by atoms with van der Waals surface area (Å²) in [6.07, 6.45) is 0.851. The highest BCUT2D eigenvalue weighted by Crippen LogP contribution is 2.18. The standard InChI is InChI=1S/C11H12ClNO/c12-10-4-2-1-3-9(10)11-5-7-14-8-6-13-11/h1-4H,5-8H2. The molecule has 1 heterocycles. The van der Waals surface area contributed by atoms with E-state index in [1.54, 1.807) is 0 Å². The minimum absolute atomic E-state index is 0.716. The summed E-state index contributed by atoms with van der Waals surface area (Å²) in [5.74, 6) is 0. The van der Waals surface area contributed by atoms with E-state index in [1.807, 2.05) is 24.3 Å². The summed E-state index contributed by atoms with van der Waals surface area (Å²) in [5, 5.41) is 0.771. The van der Waals surface area contributed by atoms with Crippen molar-refractivity contribution in [1.82, 2.24) is 0 Å². The molecule has 3 heteroatoms. The molecule has 0 saturated carbocycles. The van der Waals surface area contributed by atoms with E-state index in [9.17, 15) is 0 Å². The van der Waals surface area contributed by atoms with Crippen molar-refractivity contribution in [2.45, 2.75) is 6.42 Å². The lowest BCUT2D eigenvalue weighted by Crippen LogP contribution is -2.03. The largest absolute Gasteiger partial charge is 0.379 e. The SMILES string of the molecule is Clc1ccccc1C1=NCCOCC1. The zero-order chi connectivity index (χ0) is 9.80. The molecule has 0 amide bonds. The van der Waals surface area contributed by atoms with Gasteiger partial charge in [-0.25, -0.2) is 0 Å². The predicted octanol–water partition coefficient (Wildman–Crippen LogP) is 2.55. The second kappa shape index (κ2) is 4.58. The highest BCUT2D eigenvalue weighted by atomic mass is 35.5. The summed E-state index contributed by atoms with van der Waals surface area (Å²) in [5.41, 5.74) is 2.10. The van der Waals surface area contributed by atoms with Crippen LogP contribution in [0.2, 0.25) is 5.02 Å². The first-order valence-corrected chi connectivity index (χ1v) is 5.12. The van der Waals surface area contributed by atoms with Gasteiger partial charge >= 0.3 is 0 Å². The monoisotopic (exact) mass is 209 g/mol. The lowest BCUT2D eigenvalue weighted by Gasteiger charge is -2.05. The summed E-state index contributed by atoms with van der Waals surface area (Å²) in [4.78, 5) is 4.46. The highest BCUT2D eigenvalue weighted by Gasteiger charge is 2.09. The Morgan fingerprint density at radius 1 is 1.21 bits per heavy atom. The number of hydrogen-bond donors (Lipinski definition) is 0. The van der Waals surface area contributed by atoms with E-state index in [4.69, 9.17) is 16.3 Å². The molecule has 2 nitrogen and oxygen atoms in total. The van der Waals surface area contributed by atoms with E-state index in [2.05, 4.69) is 4.99 Å². The van der Waals surface area contributed by atoms with Crippen LogP contribution in [0.25, 0.3) is 0 Å². The summed E-state index contributed by atoms with van der Waals surface area (Å²) < 4.78 is 5.33. The molecule has 1 aromatic carbocycles. The molecule has 0 aromatic heterocycles. The summed E-state index contributed by atoms with van der Waals surface area (Å²) in [6.45, 7) is 2.19. The van der Waals surface area contributed by atoms with Gasteiger partial charge in [0.15, 0.2) is 0 Å². The topological polar surface area (TPSA) is 21.6 Å². The Morgan fingerprint density at radius 2 is 2.07 bits per heavy atom. The molecule has 0 aliphatic carbocycles. The summed E-state index contributed by atoms with van der Waals surface area (Å²) in [7, 11) is 0. The molecule has 2 rings (SSSR count). The minimum Gasteiger partial charge on any atom is -0.379 e. The van der Waals surface area contributed by atoms with E-state index < -0.39 is 0 Å². The van der Waals surface area contributed by atoms with Gasteiger partial charge in [-0.05, 0) is 6.07 Å². The lowest BCUT2D eigenvalue weighted by molar-refractivity contribution is 0.153. The molecule has 1 aromatic rings. The van der Waals surface area contributed by atoms with Crippen molar-refractivity contribution in [3.63, 3.8) is 0 Å². The summed E-state index contributed by atoms with van der Waals surface area (Å²) in [6, 6.07) is 7.81. The van der Waals surface area contributed by atoms with Crippen LogP contribution in [0.4, 0.5) is 0 Å². The summed E-state index contributed by atoms with van der Waals surface area (Å²) >= 11 is 6.09. The van der Waals surface area contributed by atoms with Crippen LogP contribution < -0.4 is 0 Å². The van der Waals surface area contributed by atoms with Crippen LogP contribution in [0.15, 0.2) is 29.3 Å².